The van der Waals surface area contributed by atoms with Crippen molar-refractivity contribution < 1.29 is 14.0 Å². The summed E-state index contributed by atoms with van der Waals surface area (Å²) in [5, 5.41) is 3.30. The van der Waals surface area contributed by atoms with Crippen LogP contribution in [0.15, 0.2) is 78.9 Å². The summed E-state index contributed by atoms with van der Waals surface area (Å²) in [6.45, 7) is 0.265. The predicted octanol–water partition coefficient (Wildman–Crippen LogP) is 5.10. The average molecular weight is 485 g/mol. The van der Waals surface area contributed by atoms with Crippen LogP contribution in [0.2, 0.25) is 5.02 Å². The van der Waals surface area contributed by atoms with Crippen LogP contribution in [0.5, 0.6) is 0 Å². The van der Waals surface area contributed by atoms with Gasteiger partial charge in [-0.1, -0.05) is 72.3 Å². The van der Waals surface area contributed by atoms with E-state index in [4.69, 9.17) is 11.6 Å². The average Bonchev–Trinajstić information content (AvgIpc) is 2.83. The van der Waals surface area contributed by atoms with E-state index < -0.39 is 6.04 Å². The monoisotopic (exact) mass is 484 g/mol. The van der Waals surface area contributed by atoms with E-state index in [0.717, 1.165) is 11.1 Å². The Morgan fingerprint density at radius 1 is 0.970 bits per heavy atom. The molecular weight excluding hydrogens is 459 g/mol. The molecule has 0 spiro atoms. The standard InChI is InChI=1S/C26H26ClFN2O2S/c1-29-26(32)24(15-19-7-3-2-4-8-19)30(16-20-11-13-22(27)14-12-20)25(31)18-33-17-21-9-5-6-10-23(21)28/h2-14,24H,15-18H2,1H3,(H,29,32)/t24-/m1/s1. The SMILES string of the molecule is CNC(=O)[C@@H](Cc1ccccc1)N(Cc1ccc(Cl)cc1)C(=O)CSCc1ccccc1F. The Morgan fingerprint density at radius 3 is 2.30 bits per heavy atom. The number of carbonyl (C=O) groups excluding carboxylic acids is 2. The first-order chi connectivity index (χ1) is 16.0. The Hall–Kier alpha value is -2.83. The highest BCUT2D eigenvalue weighted by Gasteiger charge is 2.29. The maximum Gasteiger partial charge on any atom is 0.242 e. The van der Waals surface area contributed by atoms with Crippen LogP contribution >= 0.6 is 23.4 Å². The van der Waals surface area contributed by atoms with Gasteiger partial charge in [0.2, 0.25) is 11.8 Å². The molecule has 0 aliphatic carbocycles. The normalized spacial score (nSPS) is 11.6. The van der Waals surface area contributed by atoms with Crippen molar-refractivity contribution in [1.29, 1.82) is 0 Å². The Morgan fingerprint density at radius 2 is 1.64 bits per heavy atom. The van der Waals surface area contributed by atoms with Crippen LogP contribution in [-0.4, -0.2) is 35.6 Å². The highest BCUT2D eigenvalue weighted by molar-refractivity contribution is 7.99. The zero-order chi connectivity index (χ0) is 23.6. The molecule has 1 atom stereocenters. The van der Waals surface area contributed by atoms with Crippen molar-refractivity contribution in [3.63, 3.8) is 0 Å². The number of rotatable bonds is 10. The molecule has 0 saturated heterocycles. The fourth-order valence-corrected chi connectivity index (χ4v) is 4.48. The van der Waals surface area contributed by atoms with Gasteiger partial charge >= 0.3 is 0 Å². The second-order valence-electron chi connectivity index (χ2n) is 7.55. The molecule has 2 amide bonds. The van der Waals surface area contributed by atoms with Crippen molar-refractivity contribution in [2.24, 2.45) is 0 Å². The van der Waals surface area contributed by atoms with E-state index in [2.05, 4.69) is 5.32 Å². The third-order valence-corrected chi connectivity index (χ3v) is 6.44. The summed E-state index contributed by atoms with van der Waals surface area (Å²) in [6, 6.07) is 22.7. The molecule has 0 bridgehead atoms. The minimum atomic E-state index is -0.686. The number of nitrogens with zero attached hydrogens (tertiary/aromatic N) is 1. The van der Waals surface area contributed by atoms with E-state index in [1.807, 2.05) is 42.5 Å². The third kappa shape index (κ3) is 7.34. The lowest BCUT2D eigenvalue weighted by Gasteiger charge is -2.31. The summed E-state index contributed by atoms with van der Waals surface area (Å²) < 4.78 is 13.9. The van der Waals surface area contributed by atoms with E-state index in [0.29, 0.717) is 22.8 Å². The van der Waals surface area contributed by atoms with Crippen molar-refractivity contribution in [1.82, 2.24) is 10.2 Å². The number of hydrogen-bond acceptors (Lipinski definition) is 3. The zero-order valence-corrected chi connectivity index (χ0v) is 19.9. The van der Waals surface area contributed by atoms with Gasteiger partial charge in [-0.25, -0.2) is 4.39 Å². The van der Waals surface area contributed by atoms with Gasteiger partial charge in [-0.15, -0.1) is 11.8 Å². The van der Waals surface area contributed by atoms with Gasteiger partial charge in [-0.3, -0.25) is 9.59 Å². The lowest BCUT2D eigenvalue weighted by atomic mass is 10.0. The van der Waals surface area contributed by atoms with Gasteiger partial charge in [-0.05, 0) is 34.9 Å². The molecule has 3 aromatic rings. The van der Waals surface area contributed by atoms with E-state index in [1.54, 1.807) is 42.3 Å². The van der Waals surface area contributed by atoms with Gasteiger partial charge in [0.05, 0.1) is 5.75 Å². The first-order valence-electron chi connectivity index (χ1n) is 10.6. The van der Waals surface area contributed by atoms with Crippen molar-refractivity contribution in [2.45, 2.75) is 24.8 Å². The molecule has 0 fully saturated rings. The van der Waals surface area contributed by atoms with Crippen molar-refractivity contribution in [3.05, 3.63) is 106 Å². The third-order valence-electron chi connectivity index (χ3n) is 5.22. The maximum absolute atomic E-state index is 13.9. The topological polar surface area (TPSA) is 49.4 Å². The van der Waals surface area contributed by atoms with Crippen molar-refractivity contribution in [2.75, 3.05) is 12.8 Å². The van der Waals surface area contributed by atoms with E-state index >= 15 is 0 Å². The molecule has 33 heavy (non-hydrogen) atoms. The van der Waals surface area contributed by atoms with Crippen LogP contribution in [0.1, 0.15) is 16.7 Å². The van der Waals surface area contributed by atoms with E-state index in [9.17, 15) is 14.0 Å². The highest BCUT2D eigenvalue weighted by Crippen LogP contribution is 2.20. The van der Waals surface area contributed by atoms with Crippen LogP contribution in [0.3, 0.4) is 0 Å². The Balaban J connectivity index is 1.80. The number of halogens is 2. The van der Waals surface area contributed by atoms with Crippen LogP contribution < -0.4 is 5.32 Å². The second kappa shape index (κ2) is 12.4. The molecule has 7 heteroatoms. The van der Waals surface area contributed by atoms with Gasteiger partial charge in [-0.2, -0.15) is 0 Å². The molecule has 1 N–H and O–H groups in total. The van der Waals surface area contributed by atoms with E-state index in [1.165, 1.54) is 17.8 Å². The van der Waals surface area contributed by atoms with Crippen LogP contribution in [0.25, 0.3) is 0 Å². The summed E-state index contributed by atoms with van der Waals surface area (Å²) in [4.78, 5) is 27.8. The molecule has 3 aromatic carbocycles. The van der Waals surface area contributed by atoms with Crippen molar-refractivity contribution >= 4 is 35.2 Å². The minimum absolute atomic E-state index is 0.129. The fraction of sp³-hybridized carbons (Fsp3) is 0.231. The predicted molar refractivity (Wildman–Crippen MR) is 133 cm³/mol. The number of amides is 2. The zero-order valence-electron chi connectivity index (χ0n) is 18.3. The summed E-state index contributed by atoms with van der Waals surface area (Å²) in [5.74, 6) is -0.209. The lowest BCUT2D eigenvalue weighted by molar-refractivity contribution is -0.139. The number of likely N-dealkylation sites (N-methyl/N-ethyl adjacent to an activating group) is 1. The van der Waals surface area contributed by atoms with Crippen molar-refractivity contribution in [3.8, 4) is 0 Å². The van der Waals surface area contributed by atoms with Crippen LogP contribution in [0.4, 0.5) is 4.39 Å². The van der Waals surface area contributed by atoms with Gasteiger partial charge in [0.25, 0.3) is 0 Å². The lowest BCUT2D eigenvalue weighted by Crippen LogP contribution is -2.50. The molecule has 0 heterocycles. The number of nitrogens with one attached hydrogen (secondary N) is 1. The Labute approximate surface area is 203 Å². The van der Waals surface area contributed by atoms with Gasteiger partial charge in [0, 0.05) is 30.8 Å². The number of thioether (sulfide) groups is 1. The second-order valence-corrected chi connectivity index (χ2v) is 8.97. The minimum Gasteiger partial charge on any atom is -0.357 e. The molecule has 3 rings (SSSR count). The smallest absolute Gasteiger partial charge is 0.242 e. The Kier molecular flexibility index (Phi) is 9.34. The maximum atomic E-state index is 13.9. The van der Waals surface area contributed by atoms with Crippen LogP contribution in [0, 0.1) is 5.82 Å². The van der Waals surface area contributed by atoms with Gasteiger partial charge in [0.15, 0.2) is 0 Å². The molecule has 0 aliphatic heterocycles. The summed E-state index contributed by atoms with van der Waals surface area (Å²) in [7, 11) is 1.57. The summed E-state index contributed by atoms with van der Waals surface area (Å²) >= 11 is 7.34. The van der Waals surface area contributed by atoms with Gasteiger partial charge in [0.1, 0.15) is 11.9 Å². The quantitative estimate of drug-likeness (QED) is 0.435. The number of benzene rings is 3. The first kappa shape index (κ1) is 24.8. The highest BCUT2D eigenvalue weighted by atomic mass is 35.5. The molecule has 4 nitrogen and oxygen atoms in total. The number of carbonyl (C=O) groups is 2. The van der Waals surface area contributed by atoms with Gasteiger partial charge < -0.3 is 10.2 Å². The Bertz CT molecular complexity index is 1060. The summed E-state index contributed by atoms with van der Waals surface area (Å²) in [5.41, 5.74) is 2.37. The fourth-order valence-electron chi connectivity index (χ4n) is 3.45. The molecule has 0 aromatic heterocycles. The largest absolute Gasteiger partial charge is 0.357 e. The number of hydrogen-bond donors (Lipinski definition) is 1. The molecule has 0 saturated carbocycles. The molecule has 0 unspecified atom stereocenters. The van der Waals surface area contributed by atoms with E-state index in [-0.39, 0.29) is 29.9 Å². The molecule has 0 aliphatic rings. The molecule has 0 radical (unpaired) electrons. The molecular formula is C26H26ClFN2O2S. The first-order valence-corrected chi connectivity index (χ1v) is 12.1. The summed E-state index contributed by atoms with van der Waals surface area (Å²) in [6.07, 6.45) is 0.387. The molecule has 172 valence electrons. The van der Waals surface area contributed by atoms with Crippen LogP contribution in [-0.2, 0) is 28.3 Å².